The Morgan fingerprint density at radius 2 is 1.78 bits per heavy atom. The number of fused-ring (bicyclic) bond motifs is 1. The summed E-state index contributed by atoms with van der Waals surface area (Å²) in [6, 6.07) is 18.0. The molecule has 2 aliphatic heterocycles. The van der Waals surface area contributed by atoms with Crippen molar-refractivity contribution < 1.29 is 24.2 Å². The number of amides is 1. The highest BCUT2D eigenvalue weighted by Gasteiger charge is 2.46. The number of benzene rings is 2. The number of carbonyl (C=O) groups is 2. The van der Waals surface area contributed by atoms with E-state index in [-0.39, 0.29) is 11.3 Å². The minimum absolute atomic E-state index is 0.0992. The Morgan fingerprint density at radius 1 is 1.00 bits per heavy atom. The molecular formula is C25H21NO5S. The van der Waals surface area contributed by atoms with Crippen molar-refractivity contribution in [1.82, 2.24) is 4.90 Å². The van der Waals surface area contributed by atoms with Crippen molar-refractivity contribution >= 4 is 28.8 Å². The number of likely N-dealkylation sites (tertiary alicyclic amines) is 1. The van der Waals surface area contributed by atoms with E-state index in [9.17, 15) is 14.7 Å². The first-order chi connectivity index (χ1) is 15.6. The Balaban J connectivity index is 1.54. The lowest BCUT2D eigenvalue weighted by atomic mass is 9.99. The quantitative estimate of drug-likeness (QED) is 0.361. The predicted molar refractivity (Wildman–Crippen MR) is 121 cm³/mol. The SMILES string of the molecule is O=C1C(=O)N(CCc2ccccc2)C(c2cccs2)/C1=C(/O)c1ccc2c(c1)OCCO2. The molecule has 0 bridgehead atoms. The minimum atomic E-state index is -0.677. The predicted octanol–water partition coefficient (Wildman–Crippen LogP) is 4.18. The second-order valence-corrected chi connectivity index (χ2v) is 8.58. The van der Waals surface area contributed by atoms with Gasteiger partial charge < -0.3 is 19.5 Å². The molecule has 2 aliphatic rings. The lowest BCUT2D eigenvalue weighted by molar-refractivity contribution is -0.139. The number of carbonyl (C=O) groups excluding carboxylic acids is 2. The molecule has 0 aliphatic carbocycles. The molecule has 1 fully saturated rings. The highest BCUT2D eigenvalue weighted by molar-refractivity contribution is 7.10. The van der Waals surface area contributed by atoms with Gasteiger partial charge in [0.1, 0.15) is 19.0 Å². The fourth-order valence-electron chi connectivity index (χ4n) is 4.09. The maximum Gasteiger partial charge on any atom is 0.295 e. The standard InChI is InChI=1S/C25H21NO5S/c27-23(17-8-9-18-19(15-17)31-13-12-30-18)21-22(20-7-4-14-32-20)26(25(29)24(21)28)11-10-16-5-2-1-3-6-16/h1-9,14-15,22,27H,10-13H2/b23-21-. The molecule has 1 N–H and O–H groups in total. The van der Waals surface area contributed by atoms with Gasteiger partial charge in [0, 0.05) is 17.0 Å². The summed E-state index contributed by atoms with van der Waals surface area (Å²) in [5.74, 6) is -0.389. The molecule has 162 valence electrons. The van der Waals surface area contributed by atoms with Crippen molar-refractivity contribution in [2.45, 2.75) is 12.5 Å². The summed E-state index contributed by atoms with van der Waals surface area (Å²) in [4.78, 5) is 28.5. The van der Waals surface area contributed by atoms with Crippen molar-refractivity contribution in [3.05, 3.63) is 87.6 Å². The third-order valence-electron chi connectivity index (χ3n) is 5.65. The first-order valence-corrected chi connectivity index (χ1v) is 11.3. The van der Waals surface area contributed by atoms with Crippen molar-refractivity contribution in [3.63, 3.8) is 0 Å². The van der Waals surface area contributed by atoms with Crippen LogP contribution in [0.2, 0.25) is 0 Å². The van der Waals surface area contributed by atoms with Crippen molar-refractivity contribution in [2.75, 3.05) is 19.8 Å². The molecule has 0 radical (unpaired) electrons. The molecule has 6 nitrogen and oxygen atoms in total. The van der Waals surface area contributed by atoms with Crippen molar-refractivity contribution in [3.8, 4) is 11.5 Å². The minimum Gasteiger partial charge on any atom is -0.507 e. The van der Waals surface area contributed by atoms with Crippen LogP contribution in [-0.2, 0) is 16.0 Å². The maximum absolute atomic E-state index is 13.1. The van der Waals surface area contributed by atoms with Gasteiger partial charge in [0.05, 0.1) is 11.6 Å². The Hall–Kier alpha value is -3.58. The lowest BCUT2D eigenvalue weighted by Crippen LogP contribution is -2.31. The van der Waals surface area contributed by atoms with E-state index in [1.54, 1.807) is 23.1 Å². The van der Waals surface area contributed by atoms with Crippen LogP contribution < -0.4 is 9.47 Å². The van der Waals surface area contributed by atoms with Gasteiger partial charge in [-0.15, -0.1) is 11.3 Å². The third kappa shape index (κ3) is 3.65. The van der Waals surface area contributed by atoms with E-state index < -0.39 is 17.7 Å². The molecule has 5 rings (SSSR count). The van der Waals surface area contributed by atoms with Crippen LogP contribution in [0, 0.1) is 0 Å². The summed E-state index contributed by atoms with van der Waals surface area (Å²) in [6.07, 6.45) is 0.611. The third-order valence-corrected chi connectivity index (χ3v) is 6.58. The molecule has 1 unspecified atom stereocenters. The zero-order valence-corrected chi connectivity index (χ0v) is 18.0. The summed E-state index contributed by atoms with van der Waals surface area (Å²) >= 11 is 1.45. The van der Waals surface area contributed by atoms with Gasteiger partial charge in [-0.05, 0) is 41.6 Å². The van der Waals surface area contributed by atoms with Gasteiger partial charge in [0.2, 0.25) is 0 Å². The van der Waals surface area contributed by atoms with Crippen LogP contribution in [0.25, 0.3) is 5.76 Å². The first kappa shape index (κ1) is 20.3. The van der Waals surface area contributed by atoms with E-state index in [1.165, 1.54) is 11.3 Å². The second kappa shape index (κ2) is 8.51. The van der Waals surface area contributed by atoms with E-state index in [0.29, 0.717) is 43.2 Å². The fourth-order valence-corrected chi connectivity index (χ4v) is 4.94. The average molecular weight is 448 g/mol. The van der Waals surface area contributed by atoms with Crippen molar-refractivity contribution in [2.24, 2.45) is 0 Å². The molecule has 1 saturated heterocycles. The number of Topliss-reactive ketones (excluding diaryl/α,β-unsaturated/α-hetero) is 1. The van der Waals surface area contributed by atoms with E-state index in [1.807, 2.05) is 47.8 Å². The molecule has 7 heteroatoms. The van der Waals surface area contributed by atoms with Gasteiger partial charge in [0.25, 0.3) is 11.7 Å². The van der Waals surface area contributed by atoms with E-state index in [0.717, 1.165) is 10.4 Å². The molecule has 1 amide bonds. The normalized spacial score (nSPS) is 19.4. The zero-order valence-electron chi connectivity index (χ0n) is 17.2. The Bertz CT molecular complexity index is 1190. The number of rotatable bonds is 5. The van der Waals surface area contributed by atoms with Crippen LogP contribution in [0.1, 0.15) is 22.0 Å². The lowest BCUT2D eigenvalue weighted by Gasteiger charge is -2.24. The topological polar surface area (TPSA) is 76.1 Å². The highest BCUT2D eigenvalue weighted by atomic mass is 32.1. The maximum atomic E-state index is 13.1. The Morgan fingerprint density at radius 3 is 2.53 bits per heavy atom. The van der Waals surface area contributed by atoms with Gasteiger partial charge in [0.15, 0.2) is 11.5 Å². The molecular weight excluding hydrogens is 426 g/mol. The molecule has 0 spiro atoms. The molecule has 1 aromatic heterocycles. The number of ether oxygens (including phenoxy) is 2. The summed E-state index contributed by atoms with van der Waals surface area (Å²) in [6.45, 7) is 1.24. The monoisotopic (exact) mass is 447 g/mol. The fraction of sp³-hybridized carbons (Fsp3) is 0.200. The molecule has 32 heavy (non-hydrogen) atoms. The molecule has 3 aromatic rings. The summed E-state index contributed by atoms with van der Waals surface area (Å²) in [7, 11) is 0. The van der Waals surface area contributed by atoms with Crippen LogP contribution in [-0.4, -0.2) is 41.5 Å². The van der Waals surface area contributed by atoms with Gasteiger partial charge in [-0.1, -0.05) is 36.4 Å². The number of nitrogens with zero attached hydrogens (tertiary/aromatic N) is 1. The van der Waals surface area contributed by atoms with Crippen LogP contribution in [0.4, 0.5) is 0 Å². The first-order valence-electron chi connectivity index (χ1n) is 10.4. The number of hydrogen-bond donors (Lipinski definition) is 1. The van der Waals surface area contributed by atoms with Crippen LogP contribution >= 0.6 is 11.3 Å². The zero-order chi connectivity index (χ0) is 22.1. The Kier molecular flexibility index (Phi) is 5.41. The molecule has 3 heterocycles. The van der Waals surface area contributed by atoms with Gasteiger partial charge in [-0.25, -0.2) is 0 Å². The molecule has 1 atom stereocenters. The smallest absolute Gasteiger partial charge is 0.295 e. The van der Waals surface area contributed by atoms with E-state index in [2.05, 4.69) is 0 Å². The van der Waals surface area contributed by atoms with Gasteiger partial charge in [-0.3, -0.25) is 9.59 Å². The van der Waals surface area contributed by atoms with Crippen LogP contribution in [0.5, 0.6) is 11.5 Å². The van der Waals surface area contributed by atoms with E-state index in [4.69, 9.17) is 9.47 Å². The second-order valence-electron chi connectivity index (χ2n) is 7.60. The van der Waals surface area contributed by atoms with Gasteiger partial charge in [-0.2, -0.15) is 0 Å². The number of hydrogen-bond acceptors (Lipinski definition) is 6. The van der Waals surface area contributed by atoms with E-state index >= 15 is 0 Å². The van der Waals surface area contributed by atoms with Crippen molar-refractivity contribution in [1.29, 1.82) is 0 Å². The average Bonchev–Trinajstić information content (AvgIpc) is 3.45. The summed E-state index contributed by atoms with van der Waals surface area (Å²) < 4.78 is 11.2. The number of thiophene rings is 1. The Labute approximate surface area is 189 Å². The number of ketones is 1. The van der Waals surface area contributed by atoms with Gasteiger partial charge >= 0.3 is 0 Å². The van der Waals surface area contributed by atoms with Crippen LogP contribution in [0.3, 0.4) is 0 Å². The number of aliphatic hydroxyl groups excluding tert-OH is 1. The summed E-state index contributed by atoms with van der Waals surface area (Å²) in [5, 5.41) is 13.1. The number of aliphatic hydroxyl groups is 1. The highest BCUT2D eigenvalue weighted by Crippen LogP contribution is 2.42. The van der Waals surface area contributed by atoms with Crippen LogP contribution in [0.15, 0.2) is 71.6 Å². The largest absolute Gasteiger partial charge is 0.507 e. The molecule has 0 saturated carbocycles. The molecule has 2 aromatic carbocycles. The summed E-state index contributed by atoms with van der Waals surface area (Å²) in [5.41, 5.74) is 1.59.